The quantitative estimate of drug-likeness (QED) is 0.614. The van der Waals surface area contributed by atoms with E-state index in [1.807, 2.05) is 13.8 Å². The fraction of sp³-hybridized carbons (Fsp3) is 0.333. The van der Waals surface area contributed by atoms with Crippen molar-refractivity contribution in [3.8, 4) is 0 Å². The summed E-state index contributed by atoms with van der Waals surface area (Å²) in [5, 5.41) is 9.48. The lowest BCUT2D eigenvalue weighted by atomic mass is 9.69. The smallest absolute Gasteiger partial charge is 0.335 e. The van der Waals surface area contributed by atoms with Crippen LogP contribution in [0.25, 0.3) is 0 Å². The van der Waals surface area contributed by atoms with Crippen LogP contribution in [0.15, 0.2) is 59.8 Å². The van der Waals surface area contributed by atoms with E-state index in [1.54, 1.807) is 43.4 Å². The highest BCUT2D eigenvalue weighted by atomic mass is 16.4. The van der Waals surface area contributed by atoms with Crippen LogP contribution in [0.2, 0.25) is 0 Å². The highest BCUT2D eigenvalue weighted by Crippen LogP contribution is 2.42. The van der Waals surface area contributed by atoms with E-state index in [1.165, 1.54) is 0 Å². The molecule has 1 aliphatic rings. The Bertz CT molecular complexity index is 569. The first kappa shape index (κ1) is 16.9. The summed E-state index contributed by atoms with van der Waals surface area (Å²) in [5.74, 6) is -0.975. The van der Waals surface area contributed by atoms with Crippen LogP contribution in [-0.2, 0) is 9.59 Å². The molecule has 1 N–H and O–H groups in total. The zero-order valence-electron chi connectivity index (χ0n) is 12.8. The Kier molecular flexibility index (Phi) is 5.65. The van der Waals surface area contributed by atoms with E-state index in [0.29, 0.717) is 24.0 Å². The van der Waals surface area contributed by atoms with E-state index in [9.17, 15) is 14.7 Å². The van der Waals surface area contributed by atoms with Gasteiger partial charge in [0.25, 0.3) is 0 Å². The maximum absolute atomic E-state index is 11.9. The maximum Gasteiger partial charge on any atom is 0.335 e. The summed E-state index contributed by atoms with van der Waals surface area (Å²) in [4.78, 5) is 23.5. The van der Waals surface area contributed by atoms with Crippen LogP contribution in [0.5, 0.6) is 0 Å². The number of carbonyl (C=O) groups is 2. The normalized spacial score (nSPS) is 19.6. The third-order valence-electron chi connectivity index (χ3n) is 3.68. The van der Waals surface area contributed by atoms with Crippen LogP contribution < -0.4 is 0 Å². The number of aliphatic carboxylic acids is 1. The first-order valence-electron chi connectivity index (χ1n) is 6.95. The van der Waals surface area contributed by atoms with Gasteiger partial charge in [-0.2, -0.15) is 0 Å². The molecule has 0 fully saturated rings. The molecule has 1 rings (SSSR count). The molecule has 0 saturated carbocycles. The summed E-state index contributed by atoms with van der Waals surface area (Å²) < 4.78 is 0. The number of allylic oxidation sites excluding steroid dienone is 7. The second-order valence-electron chi connectivity index (χ2n) is 5.70. The number of hydrogen-bond donors (Lipinski definition) is 1. The molecular weight excluding hydrogens is 264 g/mol. The number of Topliss-reactive ketones (excluding diaryl/α,β-unsaturated/α-hetero) is 1. The van der Waals surface area contributed by atoms with Gasteiger partial charge in [-0.1, -0.05) is 50.8 Å². The second-order valence-corrected chi connectivity index (χ2v) is 5.70. The minimum absolute atomic E-state index is 0.0343. The molecule has 0 unspecified atom stereocenters. The number of carboxylic acid groups (broad SMARTS) is 1. The van der Waals surface area contributed by atoms with E-state index in [0.717, 1.165) is 0 Å². The lowest BCUT2D eigenvalue weighted by Crippen LogP contribution is -2.28. The molecule has 0 aromatic rings. The minimum Gasteiger partial charge on any atom is -0.478 e. The second kappa shape index (κ2) is 7.02. The fourth-order valence-corrected chi connectivity index (χ4v) is 2.57. The lowest BCUT2D eigenvalue weighted by Gasteiger charge is -2.34. The molecule has 0 saturated heterocycles. The van der Waals surface area contributed by atoms with Crippen molar-refractivity contribution in [2.75, 3.05) is 0 Å². The zero-order chi connectivity index (χ0) is 16.0. The van der Waals surface area contributed by atoms with Crippen molar-refractivity contribution < 1.29 is 14.7 Å². The van der Waals surface area contributed by atoms with E-state index < -0.39 is 5.97 Å². The van der Waals surface area contributed by atoms with Gasteiger partial charge in [-0.25, -0.2) is 4.79 Å². The SMILES string of the molecule is C=CC=CC=CC=C(C(=O)O)C1=C(C)C(=O)CCC1(C)C. The van der Waals surface area contributed by atoms with E-state index in [2.05, 4.69) is 6.58 Å². The van der Waals surface area contributed by atoms with Gasteiger partial charge in [0.2, 0.25) is 0 Å². The number of rotatable bonds is 5. The van der Waals surface area contributed by atoms with Crippen molar-refractivity contribution in [3.05, 3.63) is 59.8 Å². The monoisotopic (exact) mass is 286 g/mol. The van der Waals surface area contributed by atoms with E-state index in [-0.39, 0.29) is 16.8 Å². The topological polar surface area (TPSA) is 54.4 Å². The maximum atomic E-state index is 11.9. The molecule has 0 spiro atoms. The van der Waals surface area contributed by atoms with Crippen molar-refractivity contribution in [1.82, 2.24) is 0 Å². The summed E-state index contributed by atoms with van der Waals surface area (Å²) >= 11 is 0. The number of ketones is 1. The van der Waals surface area contributed by atoms with Crippen molar-refractivity contribution >= 4 is 11.8 Å². The van der Waals surface area contributed by atoms with E-state index in [4.69, 9.17) is 0 Å². The standard InChI is InChI=1S/C18H22O3/c1-5-6-7-8-9-10-14(17(20)21)16-13(2)15(19)11-12-18(16,3)4/h5-10H,1,11-12H2,2-4H3,(H,20,21). The molecule has 1 aliphatic carbocycles. The van der Waals surface area contributed by atoms with Gasteiger partial charge in [0.05, 0.1) is 5.57 Å². The molecule has 0 aliphatic heterocycles. The van der Waals surface area contributed by atoms with Gasteiger partial charge in [0.1, 0.15) is 0 Å². The highest BCUT2D eigenvalue weighted by molar-refractivity contribution is 6.02. The molecule has 0 radical (unpaired) electrons. The summed E-state index contributed by atoms with van der Waals surface area (Å²) in [5.41, 5.74) is 1.08. The molecule has 3 heteroatoms. The molecule has 0 atom stereocenters. The Hall–Kier alpha value is -2.16. The predicted molar refractivity (Wildman–Crippen MR) is 84.9 cm³/mol. The summed E-state index contributed by atoms with van der Waals surface area (Å²) in [6.07, 6.45) is 11.3. The highest BCUT2D eigenvalue weighted by Gasteiger charge is 2.36. The van der Waals surface area contributed by atoms with Crippen LogP contribution >= 0.6 is 0 Å². The van der Waals surface area contributed by atoms with Crippen molar-refractivity contribution in [2.45, 2.75) is 33.6 Å². The van der Waals surface area contributed by atoms with Gasteiger partial charge in [0.15, 0.2) is 5.78 Å². The van der Waals surface area contributed by atoms with Gasteiger partial charge >= 0.3 is 5.97 Å². The summed E-state index contributed by atoms with van der Waals surface area (Å²) in [6, 6.07) is 0. The van der Waals surface area contributed by atoms with Gasteiger partial charge < -0.3 is 5.11 Å². The summed E-state index contributed by atoms with van der Waals surface area (Å²) in [6.45, 7) is 9.24. The Morgan fingerprint density at radius 2 is 1.86 bits per heavy atom. The van der Waals surface area contributed by atoms with Crippen LogP contribution in [0.3, 0.4) is 0 Å². The third kappa shape index (κ3) is 4.15. The Morgan fingerprint density at radius 3 is 2.43 bits per heavy atom. The molecule has 0 heterocycles. The Balaban J connectivity index is 3.29. The lowest BCUT2D eigenvalue weighted by molar-refractivity contribution is -0.132. The van der Waals surface area contributed by atoms with Gasteiger partial charge in [-0.15, -0.1) is 0 Å². The Labute approximate surface area is 126 Å². The average molecular weight is 286 g/mol. The van der Waals surface area contributed by atoms with Crippen LogP contribution in [0.4, 0.5) is 0 Å². The molecule has 0 aromatic carbocycles. The zero-order valence-corrected chi connectivity index (χ0v) is 12.8. The van der Waals surface area contributed by atoms with Gasteiger partial charge in [0, 0.05) is 6.42 Å². The molecule has 0 amide bonds. The Morgan fingerprint density at radius 1 is 1.24 bits per heavy atom. The predicted octanol–water partition coefficient (Wildman–Crippen LogP) is 4.00. The first-order chi connectivity index (χ1) is 9.81. The fourth-order valence-electron chi connectivity index (χ4n) is 2.57. The number of carbonyl (C=O) groups excluding carboxylic acids is 1. The van der Waals surface area contributed by atoms with E-state index >= 15 is 0 Å². The van der Waals surface area contributed by atoms with Crippen molar-refractivity contribution in [1.29, 1.82) is 0 Å². The van der Waals surface area contributed by atoms with Crippen LogP contribution in [0.1, 0.15) is 33.6 Å². The minimum atomic E-state index is -1.01. The van der Waals surface area contributed by atoms with Crippen LogP contribution in [-0.4, -0.2) is 16.9 Å². The largest absolute Gasteiger partial charge is 0.478 e. The number of hydrogen-bond acceptors (Lipinski definition) is 2. The first-order valence-corrected chi connectivity index (χ1v) is 6.95. The van der Waals surface area contributed by atoms with Crippen LogP contribution in [0, 0.1) is 5.41 Å². The van der Waals surface area contributed by atoms with Crippen molar-refractivity contribution in [2.24, 2.45) is 5.41 Å². The summed E-state index contributed by atoms with van der Waals surface area (Å²) in [7, 11) is 0. The molecule has 3 nitrogen and oxygen atoms in total. The molecule has 0 bridgehead atoms. The average Bonchev–Trinajstić information content (AvgIpc) is 2.41. The molecule has 0 aromatic heterocycles. The van der Waals surface area contributed by atoms with Gasteiger partial charge in [-0.3, -0.25) is 4.79 Å². The molecular formula is C18H22O3. The van der Waals surface area contributed by atoms with Crippen molar-refractivity contribution in [3.63, 3.8) is 0 Å². The number of carboxylic acids is 1. The molecule has 21 heavy (non-hydrogen) atoms. The van der Waals surface area contributed by atoms with Gasteiger partial charge in [-0.05, 0) is 36.0 Å². The third-order valence-corrected chi connectivity index (χ3v) is 3.68. The molecule has 112 valence electrons.